The summed E-state index contributed by atoms with van der Waals surface area (Å²) in [5.74, 6) is 0. The van der Waals surface area contributed by atoms with Gasteiger partial charge in [-0.25, -0.2) is 0 Å². The standard InChI is InChI=1S/C12H16N2/c1-11(14-10-9-13)7-8-12-5-3-2-4-6-12/h2-6,11,14H,7-8,10H2,1H3/t11-/m1/s1. The summed E-state index contributed by atoms with van der Waals surface area (Å²) in [6.07, 6.45) is 2.14. The molecule has 1 aromatic carbocycles. The second-order valence-electron chi connectivity index (χ2n) is 3.46. The van der Waals surface area contributed by atoms with E-state index in [1.54, 1.807) is 0 Å². The van der Waals surface area contributed by atoms with E-state index in [4.69, 9.17) is 5.26 Å². The lowest BCUT2D eigenvalue weighted by Crippen LogP contribution is -2.26. The third kappa shape index (κ3) is 4.06. The molecule has 2 nitrogen and oxygen atoms in total. The summed E-state index contributed by atoms with van der Waals surface area (Å²) in [5, 5.41) is 11.5. The molecule has 2 heteroatoms. The largest absolute Gasteiger partial charge is 0.302 e. The molecule has 0 aliphatic rings. The van der Waals surface area contributed by atoms with Crippen LogP contribution in [0.15, 0.2) is 30.3 Å². The highest BCUT2D eigenvalue weighted by molar-refractivity contribution is 5.14. The highest BCUT2D eigenvalue weighted by Gasteiger charge is 2.00. The van der Waals surface area contributed by atoms with E-state index < -0.39 is 0 Å². The van der Waals surface area contributed by atoms with E-state index in [0.29, 0.717) is 12.6 Å². The van der Waals surface area contributed by atoms with E-state index in [2.05, 4.69) is 42.6 Å². The molecule has 1 N–H and O–H groups in total. The fraction of sp³-hybridized carbons (Fsp3) is 0.417. The zero-order chi connectivity index (χ0) is 10.2. The predicted molar refractivity (Wildman–Crippen MR) is 57.8 cm³/mol. The first-order valence-electron chi connectivity index (χ1n) is 4.97. The summed E-state index contributed by atoms with van der Waals surface area (Å²) < 4.78 is 0. The third-order valence-electron chi connectivity index (χ3n) is 2.24. The Labute approximate surface area is 85.6 Å². The van der Waals surface area contributed by atoms with Crippen molar-refractivity contribution in [2.24, 2.45) is 0 Å². The summed E-state index contributed by atoms with van der Waals surface area (Å²) in [5.41, 5.74) is 1.36. The second kappa shape index (κ2) is 6.17. The highest BCUT2D eigenvalue weighted by atomic mass is 14.9. The number of aryl methyl sites for hydroxylation is 1. The van der Waals surface area contributed by atoms with E-state index in [1.165, 1.54) is 5.56 Å². The van der Waals surface area contributed by atoms with Gasteiger partial charge in [0, 0.05) is 6.04 Å². The summed E-state index contributed by atoms with van der Waals surface area (Å²) >= 11 is 0. The summed E-state index contributed by atoms with van der Waals surface area (Å²) in [4.78, 5) is 0. The fourth-order valence-electron chi connectivity index (χ4n) is 1.35. The quantitative estimate of drug-likeness (QED) is 0.718. The molecule has 0 spiro atoms. The maximum absolute atomic E-state index is 8.39. The van der Waals surface area contributed by atoms with E-state index >= 15 is 0 Å². The van der Waals surface area contributed by atoms with Crippen molar-refractivity contribution in [3.05, 3.63) is 35.9 Å². The summed E-state index contributed by atoms with van der Waals surface area (Å²) in [6, 6.07) is 12.9. The van der Waals surface area contributed by atoms with E-state index in [-0.39, 0.29) is 0 Å². The fourth-order valence-corrected chi connectivity index (χ4v) is 1.35. The molecule has 0 aliphatic carbocycles. The van der Waals surface area contributed by atoms with Gasteiger partial charge in [-0.05, 0) is 25.3 Å². The number of nitrogens with one attached hydrogen (secondary N) is 1. The van der Waals surface area contributed by atoms with Crippen LogP contribution in [-0.2, 0) is 6.42 Å². The second-order valence-corrected chi connectivity index (χ2v) is 3.46. The Morgan fingerprint density at radius 2 is 2.07 bits per heavy atom. The molecule has 0 aliphatic heterocycles. The zero-order valence-corrected chi connectivity index (χ0v) is 8.53. The lowest BCUT2D eigenvalue weighted by atomic mass is 10.1. The maximum Gasteiger partial charge on any atom is 0.0842 e. The first-order chi connectivity index (χ1) is 6.83. The number of nitrogens with zero attached hydrogens (tertiary/aromatic N) is 1. The monoisotopic (exact) mass is 188 g/mol. The van der Waals surface area contributed by atoms with Gasteiger partial charge in [0.05, 0.1) is 12.6 Å². The van der Waals surface area contributed by atoms with Crippen molar-refractivity contribution in [3.8, 4) is 6.07 Å². The van der Waals surface area contributed by atoms with Crippen LogP contribution >= 0.6 is 0 Å². The van der Waals surface area contributed by atoms with Gasteiger partial charge in [0.2, 0.25) is 0 Å². The van der Waals surface area contributed by atoms with E-state index in [0.717, 1.165) is 12.8 Å². The first kappa shape index (κ1) is 10.7. The van der Waals surface area contributed by atoms with Crippen molar-refractivity contribution in [2.75, 3.05) is 6.54 Å². The molecule has 0 saturated carbocycles. The molecule has 14 heavy (non-hydrogen) atoms. The van der Waals surface area contributed by atoms with Crippen molar-refractivity contribution in [2.45, 2.75) is 25.8 Å². The van der Waals surface area contributed by atoms with Crippen LogP contribution in [0.1, 0.15) is 18.9 Å². The zero-order valence-electron chi connectivity index (χ0n) is 8.53. The minimum atomic E-state index is 0.412. The maximum atomic E-state index is 8.39. The van der Waals surface area contributed by atoms with Gasteiger partial charge in [-0.15, -0.1) is 0 Å². The topological polar surface area (TPSA) is 35.8 Å². The van der Waals surface area contributed by atoms with Crippen LogP contribution in [0, 0.1) is 11.3 Å². The van der Waals surface area contributed by atoms with Crippen LogP contribution in [0.2, 0.25) is 0 Å². The van der Waals surface area contributed by atoms with Gasteiger partial charge in [0.25, 0.3) is 0 Å². The molecular formula is C12H16N2. The van der Waals surface area contributed by atoms with Gasteiger partial charge in [0.15, 0.2) is 0 Å². The molecular weight excluding hydrogens is 172 g/mol. The number of hydrogen-bond acceptors (Lipinski definition) is 2. The molecule has 1 rings (SSSR count). The normalized spacial score (nSPS) is 12.0. The van der Waals surface area contributed by atoms with Crippen LogP contribution in [0.25, 0.3) is 0 Å². The SMILES string of the molecule is C[C@H](CCc1ccccc1)NCC#N. The van der Waals surface area contributed by atoms with Crippen molar-refractivity contribution in [1.29, 1.82) is 5.26 Å². The lowest BCUT2D eigenvalue weighted by Gasteiger charge is -2.10. The van der Waals surface area contributed by atoms with E-state index in [9.17, 15) is 0 Å². The average molecular weight is 188 g/mol. The van der Waals surface area contributed by atoms with Gasteiger partial charge >= 0.3 is 0 Å². The van der Waals surface area contributed by atoms with Crippen LogP contribution in [0.4, 0.5) is 0 Å². The van der Waals surface area contributed by atoms with Crippen LogP contribution < -0.4 is 5.32 Å². The van der Waals surface area contributed by atoms with Crippen LogP contribution in [0.3, 0.4) is 0 Å². The number of hydrogen-bond donors (Lipinski definition) is 1. The minimum Gasteiger partial charge on any atom is -0.302 e. The molecule has 74 valence electrons. The van der Waals surface area contributed by atoms with Gasteiger partial charge in [-0.3, -0.25) is 0 Å². The smallest absolute Gasteiger partial charge is 0.0842 e. The molecule has 0 unspecified atom stereocenters. The Kier molecular flexibility index (Phi) is 4.74. The number of benzene rings is 1. The molecule has 1 atom stereocenters. The Hall–Kier alpha value is -1.33. The molecule has 0 saturated heterocycles. The number of nitriles is 1. The third-order valence-corrected chi connectivity index (χ3v) is 2.24. The van der Waals surface area contributed by atoms with Crippen molar-refractivity contribution in [1.82, 2.24) is 5.32 Å². The molecule has 0 heterocycles. The van der Waals surface area contributed by atoms with Gasteiger partial charge in [-0.1, -0.05) is 30.3 Å². The summed E-state index contributed by atoms with van der Waals surface area (Å²) in [7, 11) is 0. The Morgan fingerprint density at radius 3 is 2.71 bits per heavy atom. The first-order valence-corrected chi connectivity index (χ1v) is 4.97. The van der Waals surface area contributed by atoms with Crippen molar-refractivity contribution in [3.63, 3.8) is 0 Å². The van der Waals surface area contributed by atoms with Crippen LogP contribution in [0.5, 0.6) is 0 Å². The molecule has 0 amide bonds. The molecule has 0 aromatic heterocycles. The Bertz CT molecular complexity index is 287. The van der Waals surface area contributed by atoms with Crippen molar-refractivity contribution >= 4 is 0 Å². The van der Waals surface area contributed by atoms with Gasteiger partial charge < -0.3 is 5.32 Å². The highest BCUT2D eigenvalue weighted by Crippen LogP contribution is 2.04. The number of rotatable bonds is 5. The molecule has 0 fully saturated rings. The van der Waals surface area contributed by atoms with E-state index in [1.807, 2.05) is 6.07 Å². The van der Waals surface area contributed by atoms with Gasteiger partial charge in [-0.2, -0.15) is 5.26 Å². The summed E-state index contributed by atoms with van der Waals surface area (Å²) in [6.45, 7) is 2.55. The Balaban J connectivity index is 2.24. The Morgan fingerprint density at radius 1 is 1.36 bits per heavy atom. The lowest BCUT2D eigenvalue weighted by molar-refractivity contribution is 0.545. The predicted octanol–water partition coefficient (Wildman–Crippen LogP) is 2.12. The van der Waals surface area contributed by atoms with Crippen molar-refractivity contribution < 1.29 is 0 Å². The van der Waals surface area contributed by atoms with Crippen LogP contribution in [-0.4, -0.2) is 12.6 Å². The minimum absolute atomic E-state index is 0.412. The van der Waals surface area contributed by atoms with Gasteiger partial charge in [0.1, 0.15) is 0 Å². The molecule has 0 radical (unpaired) electrons. The molecule has 0 bridgehead atoms. The average Bonchev–Trinajstić information content (AvgIpc) is 2.25. The molecule has 1 aromatic rings.